The molecule has 1 N–H and O–H groups in total. The summed E-state index contributed by atoms with van der Waals surface area (Å²) in [7, 11) is 1.55. The van der Waals surface area contributed by atoms with Crippen molar-refractivity contribution in [1.82, 2.24) is 0 Å². The van der Waals surface area contributed by atoms with Gasteiger partial charge in [0.1, 0.15) is 18.5 Å². The van der Waals surface area contributed by atoms with Crippen LogP contribution in [-0.4, -0.2) is 43.3 Å². The average Bonchev–Trinajstić information content (AvgIpc) is 3.12. The second-order valence-corrected chi connectivity index (χ2v) is 9.95. The number of hydrogen-bond donors (Lipinski definition) is 1. The van der Waals surface area contributed by atoms with E-state index in [9.17, 15) is 14.7 Å². The Balaban J connectivity index is 1.77. The molecule has 160 valence electrons. The van der Waals surface area contributed by atoms with Crippen LogP contribution >= 0.6 is 0 Å². The molecule has 0 radical (unpaired) electrons. The molecule has 0 unspecified atom stereocenters. The topological polar surface area (TPSA) is 86.0 Å². The number of hydrogen-bond acceptors (Lipinski definition) is 6. The minimum absolute atomic E-state index is 0.0154. The molecule has 0 bridgehead atoms. The number of ether oxygens (including phenoxy) is 2. The van der Waals surface area contributed by atoms with Gasteiger partial charge in [-0.25, -0.2) is 0 Å². The van der Waals surface area contributed by atoms with Gasteiger partial charge in [0.2, 0.25) is 0 Å². The Morgan fingerprint density at radius 3 is 2.76 bits per heavy atom. The van der Waals surface area contributed by atoms with Crippen LogP contribution in [0.4, 0.5) is 0 Å². The van der Waals surface area contributed by atoms with Crippen molar-refractivity contribution in [2.75, 3.05) is 20.3 Å². The van der Waals surface area contributed by atoms with Gasteiger partial charge in [-0.2, -0.15) is 0 Å². The molecule has 6 nitrogen and oxygen atoms in total. The number of ketones is 1. The summed E-state index contributed by atoms with van der Waals surface area (Å²) < 4.78 is 16.2. The van der Waals surface area contributed by atoms with Crippen LogP contribution in [0.2, 0.25) is 0 Å². The van der Waals surface area contributed by atoms with Crippen LogP contribution in [0.1, 0.15) is 57.3 Å². The van der Waals surface area contributed by atoms with Crippen molar-refractivity contribution in [3.05, 3.63) is 23.7 Å². The maximum absolute atomic E-state index is 13.5. The lowest BCUT2D eigenvalue weighted by atomic mass is 9.42. The Morgan fingerprint density at radius 2 is 2.03 bits per heavy atom. The van der Waals surface area contributed by atoms with E-state index < -0.39 is 23.9 Å². The molecular weight excluding hydrogens is 372 g/mol. The van der Waals surface area contributed by atoms with Crippen LogP contribution in [-0.2, 0) is 25.5 Å². The van der Waals surface area contributed by atoms with Crippen molar-refractivity contribution in [3.63, 3.8) is 0 Å². The van der Waals surface area contributed by atoms with Gasteiger partial charge < -0.3 is 19.0 Å². The fourth-order valence-corrected chi connectivity index (χ4v) is 6.82. The number of Topliss-reactive ketones (excluding diaryl/α,β-unsaturated/α-hetero) is 1. The molecule has 3 aliphatic rings. The Hall–Kier alpha value is -1.66. The van der Waals surface area contributed by atoms with Gasteiger partial charge in [-0.05, 0) is 35.7 Å². The highest BCUT2D eigenvalue weighted by Gasteiger charge is 2.65. The van der Waals surface area contributed by atoms with Crippen molar-refractivity contribution in [1.29, 1.82) is 0 Å². The van der Waals surface area contributed by atoms with E-state index in [0.717, 1.165) is 30.6 Å². The Labute approximate surface area is 171 Å². The van der Waals surface area contributed by atoms with E-state index in [-0.39, 0.29) is 35.1 Å². The Morgan fingerprint density at radius 1 is 1.28 bits per heavy atom. The first-order valence-electron chi connectivity index (χ1n) is 10.7. The second-order valence-electron chi connectivity index (χ2n) is 9.95. The lowest BCUT2D eigenvalue weighted by Crippen LogP contribution is -2.64. The molecule has 1 aromatic heterocycles. The fraction of sp³-hybridized carbons (Fsp3) is 0.739. The molecule has 3 aliphatic carbocycles. The van der Waals surface area contributed by atoms with Crippen LogP contribution in [0, 0.1) is 28.6 Å². The number of fused-ring (bicyclic) bond motifs is 4. The number of carbonyl (C=O) groups excluding carboxylic acids is 2. The highest BCUT2D eigenvalue weighted by molar-refractivity contribution is 5.90. The molecule has 0 saturated heterocycles. The minimum Gasteiger partial charge on any atom is -0.469 e. The molecule has 6 heteroatoms. The van der Waals surface area contributed by atoms with Crippen molar-refractivity contribution in [2.45, 2.75) is 58.5 Å². The first-order valence-corrected chi connectivity index (χ1v) is 10.7. The van der Waals surface area contributed by atoms with E-state index in [4.69, 9.17) is 13.9 Å². The monoisotopic (exact) mass is 404 g/mol. The number of aliphatic hydroxyl groups excluding tert-OH is 1. The maximum Gasteiger partial charge on any atom is 0.314 e. The smallest absolute Gasteiger partial charge is 0.314 e. The molecule has 0 amide bonds. The largest absolute Gasteiger partial charge is 0.469 e. The van der Waals surface area contributed by atoms with Gasteiger partial charge in [-0.3, -0.25) is 9.59 Å². The van der Waals surface area contributed by atoms with Crippen LogP contribution in [0.25, 0.3) is 0 Å². The van der Waals surface area contributed by atoms with Crippen LogP contribution in [0.5, 0.6) is 0 Å². The molecule has 0 aliphatic heterocycles. The number of methoxy groups -OCH3 is 1. The molecule has 4 rings (SSSR count). The third kappa shape index (κ3) is 3.07. The van der Waals surface area contributed by atoms with Crippen molar-refractivity contribution in [2.24, 2.45) is 28.6 Å². The van der Waals surface area contributed by atoms with Gasteiger partial charge in [-0.15, -0.1) is 0 Å². The zero-order chi connectivity index (χ0) is 21.0. The molecule has 0 spiro atoms. The average molecular weight is 405 g/mol. The third-order valence-corrected chi connectivity index (χ3v) is 7.92. The molecule has 1 aromatic rings. The SMILES string of the molecule is COCCOC(=O)[C@@H]1c2ccoc2C[C@H]2[C@H]1[C@@H](O)C(=O)[C@H]1C(C)(C)CCC[C@]21C. The number of carbonyl (C=O) groups is 2. The summed E-state index contributed by atoms with van der Waals surface area (Å²) in [6.07, 6.45) is 4.00. The zero-order valence-corrected chi connectivity index (χ0v) is 17.8. The zero-order valence-electron chi connectivity index (χ0n) is 17.8. The predicted molar refractivity (Wildman–Crippen MR) is 105 cm³/mol. The lowest BCUT2D eigenvalue weighted by Gasteiger charge is -2.61. The lowest BCUT2D eigenvalue weighted by molar-refractivity contribution is -0.181. The summed E-state index contributed by atoms with van der Waals surface area (Å²) in [6.45, 7) is 6.91. The van der Waals surface area contributed by atoms with Crippen molar-refractivity contribution in [3.8, 4) is 0 Å². The van der Waals surface area contributed by atoms with Gasteiger partial charge >= 0.3 is 5.97 Å². The van der Waals surface area contributed by atoms with E-state index in [2.05, 4.69) is 20.8 Å². The van der Waals surface area contributed by atoms with E-state index in [1.54, 1.807) is 19.4 Å². The van der Waals surface area contributed by atoms with Crippen molar-refractivity contribution < 1.29 is 28.6 Å². The summed E-state index contributed by atoms with van der Waals surface area (Å²) in [4.78, 5) is 26.6. The number of rotatable bonds is 4. The normalized spacial score (nSPS) is 38.0. The highest BCUT2D eigenvalue weighted by atomic mass is 16.6. The van der Waals surface area contributed by atoms with Crippen LogP contribution in [0.15, 0.2) is 16.7 Å². The predicted octanol–water partition coefficient (Wildman–Crippen LogP) is 3.12. The quantitative estimate of drug-likeness (QED) is 0.613. The van der Waals surface area contributed by atoms with Crippen molar-refractivity contribution >= 4 is 11.8 Å². The van der Waals surface area contributed by atoms with E-state index in [1.807, 2.05) is 0 Å². The van der Waals surface area contributed by atoms with E-state index in [1.165, 1.54) is 0 Å². The number of furan rings is 1. The maximum atomic E-state index is 13.5. The first-order chi connectivity index (χ1) is 13.7. The molecular formula is C23H32O6. The number of esters is 1. The summed E-state index contributed by atoms with van der Waals surface area (Å²) in [5.74, 6) is -1.16. The highest BCUT2D eigenvalue weighted by Crippen LogP contribution is 2.63. The Kier molecular flexibility index (Phi) is 5.14. The van der Waals surface area contributed by atoms with Gasteiger partial charge in [0.05, 0.1) is 18.8 Å². The van der Waals surface area contributed by atoms with E-state index >= 15 is 0 Å². The summed E-state index contributed by atoms with van der Waals surface area (Å²) in [5, 5.41) is 11.2. The molecule has 29 heavy (non-hydrogen) atoms. The summed E-state index contributed by atoms with van der Waals surface area (Å²) in [6, 6.07) is 1.78. The molecule has 2 fully saturated rings. The summed E-state index contributed by atoms with van der Waals surface area (Å²) >= 11 is 0. The number of aliphatic hydroxyl groups is 1. The van der Waals surface area contributed by atoms with E-state index in [0.29, 0.717) is 13.0 Å². The molecule has 2 saturated carbocycles. The standard InChI is InChI=1S/C23H32O6/c1-22(2)7-5-8-23(3)14-12-15-13(6-9-28-15)16(21(26)29-11-10-27-4)17(14)18(24)19(25)20(22)23/h6,9,14,16-18,20,24H,5,7-8,10-12H2,1-4H3/t14-,16+,17+,18+,20-,23+/m0/s1. The fourth-order valence-electron chi connectivity index (χ4n) is 6.82. The molecule has 0 aromatic carbocycles. The Bertz CT molecular complexity index is 795. The second kappa shape index (κ2) is 7.24. The first kappa shape index (κ1) is 20.6. The van der Waals surface area contributed by atoms with Crippen LogP contribution in [0.3, 0.4) is 0 Å². The third-order valence-electron chi connectivity index (χ3n) is 7.92. The summed E-state index contributed by atoms with van der Waals surface area (Å²) in [5.41, 5.74) is 0.296. The van der Waals surface area contributed by atoms with Gasteiger partial charge in [0, 0.05) is 30.9 Å². The van der Waals surface area contributed by atoms with Gasteiger partial charge in [0.25, 0.3) is 0 Å². The van der Waals surface area contributed by atoms with Gasteiger partial charge in [0.15, 0.2) is 5.78 Å². The van der Waals surface area contributed by atoms with Crippen LogP contribution < -0.4 is 0 Å². The molecule has 1 heterocycles. The minimum atomic E-state index is -1.17. The van der Waals surface area contributed by atoms with Gasteiger partial charge in [-0.1, -0.05) is 27.2 Å². The molecule has 6 atom stereocenters.